The van der Waals surface area contributed by atoms with Crippen LogP contribution in [0.25, 0.3) is 10.9 Å². The van der Waals surface area contributed by atoms with Gasteiger partial charge in [0.2, 0.25) is 5.76 Å². The molecule has 0 atom stereocenters. The molecule has 1 N–H and O–H groups in total. The molecule has 4 rings (SSSR count). The normalized spacial score (nSPS) is 10.9. The van der Waals surface area contributed by atoms with Crippen LogP contribution in [0, 0.1) is 6.92 Å². The summed E-state index contributed by atoms with van der Waals surface area (Å²) in [7, 11) is 0. The molecule has 4 aromatic rings. The highest BCUT2D eigenvalue weighted by molar-refractivity contribution is 6.07. The lowest BCUT2D eigenvalue weighted by Gasteiger charge is -2.05. The number of anilines is 1. The summed E-state index contributed by atoms with van der Waals surface area (Å²) >= 11 is 0. The first-order valence-corrected chi connectivity index (χ1v) is 8.06. The van der Waals surface area contributed by atoms with Crippen molar-refractivity contribution in [3.8, 4) is 0 Å². The van der Waals surface area contributed by atoms with Gasteiger partial charge in [-0.3, -0.25) is 4.79 Å². The summed E-state index contributed by atoms with van der Waals surface area (Å²) in [4.78, 5) is 12.3. The van der Waals surface area contributed by atoms with E-state index in [0.717, 1.165) is 23.1 Å². The minimum Gasteiger partial charge on any atom is -0.351 e. The van der Waals surface area contributed by atoms with Crippen LogP contribution in [0.3, 0.4) is 0 Å². The van der Waals surface area contributed by atoms with Crippen molar-refractivity contribution in [3.63, 3.8) is 0 Å². The Labute approximate surface area is 144 Å². The Bertz CT molecular complexity index is 1010. The molecular weight excluding hydrogens is 314 g/mol. The predicted octanol–water partition coefficient (Wildman–Crippen LogP) is 4.24. The Morgan fingerprint density at radius 2 is 1.92 bits per heavy atom. The maximum absolute atomic E-state index is 12.3. The number of carbonyl (C=O) groups is 1. The third-order valence-corrected chi connectivity index (χ3v) is 4.17. The highest BCUT2D eigenvalue weighted by Crippen LogP contribution is 2.27. The highest BCUT2D eigenvalue weighted by Gasteiger charge is 2.14. The van der Waals surface area contributed by atoms with Gasteiger partial charge in [-0.05, 0) is 18.6 Å². The summed E-state index contributed by atoms with van der Waals surface area (Å²) < 4.78 is 7.06. The first-order chi connectivity index (χ1) is 12.2. The van der Waals surface area contributed by atoms with Crippen molar-refractivity contribution in [1.82, 2.24) is 9.72 Å². The van der Waals surface area contributed by atoms with E-state index in [2.05, 4.69) is 46.2 Å². The molecule has 2 aromatic carbocycles. The Balaban J connectivity index is 1.68. The van der Waals surface area contributed by atoms with Gasteiger partial charge in [0.1, 0.15) is 0 Å². The molecule has 0 spiro atoms. The predicted molar refractivity (Wildman–Crippen MR) is 96.7 cm³/mol. The Morgan fingerprint density at radius 3 is 2.68 bits per heavy atom. The number of nitrogens with one attached hydrogen (secondary N) is 1. The van der Waals surface area contributed by atoms with Crippen molar-refractivity contribution in [2.45, 2.75) is 13.5 Å². The van der Waals surface area contributed by atoms with Crippen molar-refractivity contribution in [3.05, 3.63) is 83.9 Å². The number of nitrogens with zero attached hydrogens (tertiary/aromatic N) is 2. The van der Waals surface area contributed by atoms with Crippen LogP contribution in [0.5, 0.6) is 0 Å². The molecule has 25 heavy (non-hydrogen) atoms. The van der Waals surface area contributed by atoms with Crippen LogP contribution in [0.1, 0.15) is 21.7 Å². The van der Waals surface area contributed by atoms with Gasteiger partial charge in [-0.25, -0.2) is 0 Å². The van der Waals surface area contributed by atoms with E-state index in [1.165, 1.54) is 17.3 Å². The number of amides is 1. The molecule has 124 valence electrons. The lowest BCUT2D eigenvalue weighted by Crippen LogP contribution is -2.10. The number of rotatable bonds is 4. The monoisotopic (exact) mass is 331 g/mol. The van der Waals surface area contributed by atoms with Crippen LogP contribution in [-0.4, -0.2) is 15.6 Å². The summed E-state index contributed by atoms with van der Waals surface area (Å²) in [5.74, 6) is -0.119. The van der Waals surface area contributed by atoms with Gasteiger partial charge in [-0.2, -0.15) is 0 Å². The van der Waals surface area contributed by atoms with Gasteiger partial charge in [0.15, 0.2) is 0 Å². The van der Waals surface area contributed by atoms with Gasteiger partial charge in [0, 0.05) is 24.2 Å². The molecule has 2 heterocycles. The number of aromatic nitrogens is 2. The van der Waals surface area contributed by atoms with E-state index in [0.29, 0.717) is 0 Å². The lowest BCUT2D eigenvalue weighted by atomic mass is 10.1. The second kappa shape index (κ2) is 6.28. The fourth-order valence-electron chi connectivity index (χ4n) is 2.88. The Morgan fingerprint density at radius 1 is 1.12 bits per heavy atom. The zero-order chi connectivity index (χ0) is 17.2. The first kappa shape index (κ1) is 15.2. The molecule has 1 amide bonds. The van der Waals surface area contributed by atoms with Gasteiger partial charge in [-0.15, -0.1) is 0 Å². The van der Waals surface area contributed by atoms with Crippen LogP contribution >= 0.6 is 0 Å². The van der Waals surface area contributed by atoms with Crippen LogP contribution in [0.4, 0.5) is 5.69 Å². The second-order valence-corrected chi connectivity index (χ2v) is 6.00. The largest absolute Gasteiger partial charge is 0.351 e. The molecule has 0 saturated carbocycles. The molecule has 0 aliphatic heterocycles. The SMILES string of the molecule is Cc1ccc(Cn2cc(NC(=O)c3ccno3)c3ccccc32)cc1. The number of fused-ring (bicyclic) bond motifs is 1. The van der Waals surface area contributed by atoms with Gasteiger partial charge in [-0.1, -0.05) is 53.2 Å². The highest BCUT2D eigenvalue weighted by atomic mass is 16.5. The van der Waals surface area contributed by atoms with E-state index in [4.69, 9.17) is 4.52 Å². The Hall–Kier alpha value is -3.34. The van der Waals surface area contributed by atoms with Crippen LogP contribution in [0.2, 0.25) is 0 Å². The molecule has 0 aliphatic rings. The number of hydrogen-bond acceptors (Lipinski definition) is 3. The summed E-state index contributed by atoms with van der Waals surface area (Å²) in [6.07, 6.45) is 3.41. The molecule has 0 bridgehead atoms. The maximum Gasteiger partial charge on any atom is 0.294 e. The average molecular weight is 331 g/mol. The van der Waals surface area contributed by atoms with Crippen molar-refractivity contribution < 1.29 is 9.32 Å². The average Bonchev–Trinajstić information content (AvgIpc) is 3.27. The number of carbonyl (C=O) groups excluding carboxylic acids is 1. The number of aryl methyl sites for hydroxylation is 1. The summed E-state index contributed by atoms with van der Waals surface area (Å²) in [5.41, 5.74) is 4.26. The quantitative estimate of drug-likeness (QED) is 0.608. The van der Waals surface area contributed by atoms with E-state index in [9.17, 15) is 4.79 Å². The lowest BCUT2D eigenvalue weighted by molar-refractivity contribution is 0.0988. The molecular formula is C20H17N3O2. The standard InChI is InChI=1S/C20H17N3O2/c1-14-6-8-15(9-7-14)12-23-13-17(16-4-2-3-5-18(16)23)22-20(24)19-10-11-21-25-19/h2-11,13H,12H2,1H3,(H,22,24). The van der Waals surface area contributed by atoms with Gasteiger partial charge in [0.05, 0.1) is 17.4 Å². The van der Waals surface area contributed by atoms with E-state index in [1.807, 2.05) is 30.5 Å². The van der Waals surface area contributed by atoms with Crippen molar-refractivity contribution in [2.24, 2.45) is 0 Å². The molecule has 0 radical (unpaired) electrons. The second-order valence-electron chi connectivity index (χ2n) is 6.00. The van der Waals surface area contributed by atoms with Crippen molar-refractivity contribution in [2.75, 3.05) is 5.32 Å². The van der Waals surface area contributed by atoms with Crippen LogP contribution in [0.15, 0.2) is 71.5 Å². The summed E-state index contributed by atoms with van der Waals surface area (Å²) in [6.45, 7) is 2.81. The number of benzene rings is 2. The van der Waals surface area contributed by atoms with Crippen LogP contribution < -0.4 is 5.32 Å². The third-order valence-electron chi connectivity index (χ3n) is 4.17. The van der Waals surface area contributed by atoms with Gasteiger partial charge < -0.3 is 14.4 Å². The molecule has 0 aliphatic carbocycles. The summed E-state index contributed by atoms with van der Waals surface area (Å²) in [5, 5.41) is 7.47. The van der Waals surface area contributed by atoms with Crippen molar-refractivity contribution >= 4 is 22.5 Å². The van der Waals surface area contributed by atoms with E-state index >= 15 is 0 Å². The molecule has 5 nitrogen and oxygen atoms in total. The van der Waals surface area contributed by atoms with E-state index in [-0.39, 0.29) is 11.7 Å². The fourth-order valence-corrected chi connectivity index (χ4v) is 2.88. The van der Waals surface area contributed by atoms with E-state index < -0.39 is 0 Å². The molecule has 0 unspecified atom stereocenters. The first-order valence-electron chi connectivity index (χ1n) is 8.06. The summed E-state index contributed by atoms with van der Waals surface area (Å²) in [6, 6.07) is 18.0. The molecule has 0 fully saturated rings. The third kappa shape index (κ3) is 3.04. The van der Waals surface area contributed by atoms with Crippen molar-refractivity contribution in [1.29, 1.82) is 0 Å². The Kier molecular flexibility index (Phi) is 3.82. The molecule has 0 saturated heterocycles. The molecule has 2 aromatic heterocycles. The number of para-hydroxylation sites is 1. The maximum atomic E-state index is 12.3. The van der Waals surface area contributed by atoms with Gasteiger partial charge >= 0.3 is 0 Å². The zero-order valence-electron chi connectivity index (χ0n) is 13.8. The minimum atomic E-state index is -0.310. The fraction of sp³-hybridized carbons (Fsp3) is 0.100. The molecule has 5 heteroatoms. The van der Waals surface area contributed by atoms with Crippen LogP contribution in [-0.2, 0) is 6.54 Å². The van der Waals surface area contributed by atoms with Gasteiger partial charge in [0.25, 0.3) is 5.91 Å². The topological polar surface area (TPSA) is 60.1 Å². The zero-order valence-corrected chi connectivity index (χ0v) is 13.8. The minimum absolute atomic E-state index is 0.190. The number of hydrogen-bond donors (Lipinski definition) is 1. The van der Waals surface area contributed by atoms with E-state index in [1.54, 1.807) is 6.07 Å². The smallest absolute Gasteiger partial charge is 0.294 e.